The van der Waals surface area contributed by atoms with Gasteiger partial charge in [0.25, 0.3) is 0 Å². The van der Waals surface area contributed by atoms with Crippen molar-refractivity contribution in [3.63, 3.8) is 0 Å². The highest BCUT2D eigenvalue weighted by Crippen LogP contribution is 2.34. The number of halogens is 1. The lowest BCUT2D eigenvalue weighted by atomic mass is 9.86. The van der Waals surface area contributed by atoms with E-state index in [0.29, 0.717) is 48.0 Å². The standard InChI is InChI=1S/C25H39FN6O3/c1-17-28-20(14-27-25(34)19(15-31(35)16-33)13-18-7-3-4-8-18)23(26)24(29-17)32-12-11-30(2)21-9-5-6-10-22(21)32/h16,18-19,21-22,35H,3-15H2,1-2H3,(H,27,34)/t19-,21-,22+/m1/s1. The highest BCUT2D eigenvalue weighted by molar-refractivity contribution is 5.79. The second-order valence-corrected chi connectivity index (χ2v) is 10.5. The van der Waals surface area contributed by atoms with Crippen LogP contribution in [0.15, 0.2) is 0 Å². The minimum Gasteiger partial charge on any atom is -0.350 e. The molecule has 1 aromatic rings. The van der Waals surface area contributed by atoms with E-state index >= 15 is 4.39 Å². The lowest BCUT2D eigenvalue weighted by molar-refractivity contribution is -0.155. The van der Waals surface area contributed by atoms with Crippen LogP contribution in [0.2, 0.25) is 0 Å². The van der Waals surface area contributed by atoms with Gasteiger partial charge in [0.1, 0.15) is 11.5 Å². The van der Waals surface area contributed by atoms with Gasteiger partial charge in [0.05, 0.1) is 19.0 Å². The Labute approximate surface area is 207 Å². The Balaban J connectivity index is 1.48. The van der Waals surface area contributed by atoms with Crippen LogP contribution in [0.4, 0.5) is 10.2 Å². The van der Waals surface area contributed by atoms with Crippen LogP contribution in [0, 0.1) is 24.6 Å². The first-order valence-corrected chi connectivity index (χ1v) is 13.1. The first-order chi connectivity index (χ1) is 16.9. The van der Waals surface area contributed by atoms with Gasteiger partial charge in [0, 0.05) is 25.2 Å². The Morgan fingerprint density at radius 2 is 1.86 bits per heavy atom. The fourth-order valence-corrected chi connectivity index (χ4v) is 6.23. The average molecular weight is 491 g/mol. The first-order valence-electron chi connectivity index (χ1n) is 13.1. The molecule has 1 aliphatic heterocycles. The fourth-order valence-electron chi connectivity index (χ4n) is 6.23. The third-order valence-corrected chi connectivity index (χ3v) is 8.06. The Morgan fingerprint density at radius 3 is 2.57 bits per heavy atom. The molecule has 194 valence electrons. The molecule has 1 aromatic heterocycles. The van der Waals surface area contributed by atoms with E-state index in [1.54, 1.807) is 6.92 Å². The van der Waals surface area contributed by atoms with E-state index in [-0.39, 0.29) is 30.7 Å². The molecule has 9 nitrogen and oxygen atoms in total. The van der Waals surface area contributed by atoms with Gasteiger partial charge < -0.3 is 10.2 Å². The van der Waals surface area contributed by atoms with E-state index in [2.05, 4.69) is 32.1 Å². The van der Waals surface area contributed by atoms with Gasteiger partial charge in [0.2, 0.25) is 12.3 Å². The number of carbonyl (C=O) groups is 2. The SMILES string of the molecule is Cc1nc(CNC(=O)[C@H](CC2CCCC2)CN(O)C=O)c(F)c(N2CCN(C)[C@@H]3CCCC[C@@H]32)n1. The lowest BCUT2D eigenvalue weighted by Crippen LogP contribution is -2.60. The number of carbonyl (C=O) groups excluding carboxylic acids is 2. The summed E-state index contributed by atoms with van der Waals surface area (Å²) in [6.45, 7) is 3.17. The fraction of sp³-hybridized carbons (Fsp3) is 0.760. The van der Waals surface area contributed by atoms with Crippen LogP contribution in [0.1, 0.15) is 69.3 Å². The summed E-state index contributed by atoms with van der Waals surface area (Å²) in [7, 11) is 2.14. The Hall–Kier alpha value is -2.33. The third kappa shape index (κ3) is 6.09. The van der Waals surface area contributed by atoms with E-state index in [1.807, 2.05) is 0 Å². The Bertz CT molecular complexity index is 896. The number of rotatable bonds is 9. The number of hydrogen-bond acceptors (Lipinski definition) is 7. The maximum absolute atomic E-state index is 15.7. The topological polar surface area (TPSA) is 102 Å². The summed E-state index contributed by atoms with van der Waals surface area (Å²) >= 11 is 0. The molecule has 3 fully saturated rings. The van der Waals surface area contributed by atoms with E-state index in [0.717, 1.165) is 51.5 Å². The number of nitrogens with one attached hydrogen (secondary N) is 1. The number of nitrogens with zero attached hydrogens (tertiary/aromatic N) is 5. The molecule has 0 radical (unpaired) electrons. The second-order valence-electron chi connectivity index (χ2n) is 10.5. The van der Waals surface area contributed by atoms with Crippen molar-refractivity contribution in [2.45, 2.75) is 83.3 Å². The molecule has 2 aliphatic carbocycles. The zero-order valence-corrected chi connectivity index (χ0v) is 21.0. The van der Waals surface area contributed by atoms with E-state index in [1.165, 1.54) is 6.42 Å². The summed E-state index contributed by atoms with van der Waals surface area (Å²) in [5, 5.41) is 13.0. The van der Waals surface area contributed by atoms with Crippen molar-refractivity contribution in [3.05, 3.63) is 17.3 Å². The minimum absolute atomic E-state index is 0.0590. The molecule has 2 saturated carbocycles. The summed E-state index contributed by atoms with van der Waals surface area (Å²) in [6.07, 6.45) is 9.72. The Kier molecular flexibility index (Phi) is 8.54. The summed E-state index contributed by atoms with van der Waals surface area (Å²) in [4.78, 5) is 37.2. The number of fused-ring (bicyclic) bond motifs is 1. The molecule has 4 rings (SSSR count). The molecular formula is C25H39FN6O3. The molecule has 2 N–H and O–H groups in total. The van der Waals surface area contributed by atoms with Crippen LogP contribution in [-0.4, -0.2) is 76.2 Å². The molecular weight excluding hydrogens is 451 g/mol. The molecule has 10 heteroatoms. The smallest absolute Gasteiger partial charge is 0.233 e. The number of likely N-dealkylation sites (N-methyl/N-ethyl adjacent to an activating group) is 1. The van der Waals surface area contributed by atoms with Crippen molar-refractivity contribution in [1.82, 2.24) is 25.2 Å². The maximum atomic E-state index is 15.7. The normalized spacial score (nSPS) is 24.2. The monoisotopic (exact) mass is 490 g/mol. The van der Waals surface area contributed by atoms with Crippen LogP contribution < -0.4 is 10.2 Å². The number of aromatic nitrogens is 2. The van der Waals surface area contributed by atoms with Gasteiger partial charge in [-0.2, -0.15) is 0 Å². The van der Waals surface area contributed by atoms with Crippen molar-refractivity contribution < 1.29 is 19.2 Å². The number of amides is 2. The molecule has 0 bridgehead atoms. The molecule has 35 heavy (non-hydrogen) atoms. The highest BCUT2D eigenvalue weighted by atomic mass is 19.1. The predicted molar refractivity (Wildman–Crippen MR) is 129 cm³/mol. The number of hydroxylamine groups is 2. The van der Waals surface area contributed by atoms with Crippen LogP contribution >= 0.6 is 0 Å². The summed E-state index contributed by atoms with van der Waals surface area (Å²) in [5.41, 5.74) is 0.169. The van der Waals surface area contributed by atoms with Crippen LogP contribution in [-0.2, 0) is 16.1 Å². The number of hydrogen-bond donors (Lipinski definition) is 2. The van der Waals surface area contributed by atoms with Crippen molar-refractivity contribution in [3.8, 4) is 0 Å². The van der Waals surface area contributed by atoms with Crippen molar-refractivity contribution in [2.24, 2.45) is 11.8 Å². The maximum Gasteiger partial charge on any atom is 0.233 e. The van der Waals surface area contributed by atoms with Gasteiger partial charge in [0.15, 0.2) is 11.6 Å². The lowest BCUT2D eigenvalue weighted by Gasteiger charge is -2.49. The minimum atomic E-state index is -0.556. The van der Waals surface area contributed by atoms with E-state index < -0.39 is 11.7 Å². The largest absolute Gasteiger partial charge is 0.350 e. The van der Waals surface area contributed by atoms with Crippen molar-refractivity contribution in [2.75, 3.05) is 31.6 Å². The van der Waals surface area contributed by atoms with E-state index in [4.69, 9.17) is 0 Å². The summed E-state index contributed by atoms with van der Waals surface area (Å²) < 4.78 is 15.7. The summed E-state index contributed by atoms with van der Waals surface area (Å²) in [5.74, 6) is -0.134. The quantitative estimate of drug-likeness (QED) is 0.312. The van der Waals surface area contributed by atoms with Gasteiger partial charge in [-0.3, -0.25) is 19.7 Å². The zero-order valence-electron chi connectivity index (χ0n) is 21.0. The molecule has 3 aliphatic rings. The highest BCUT2D eigenvalue weighted by Gasteiger charge is 2.38. The average Bonchev–Trinajstić information content (AvgIpc) is 3.37. The number of piperazine rings is 1. The van der Waals surface area contributed by atoms with Crippen LogP contribution in [0.5, 0.6) is 0 Å². The predicted octanol–water partition coefficient (Wildman–Crippen LogP) is 2.65. The van der Waals surface area contributed by atoms with Gasteiger partial charge in [-0.05, 0) is 39.2 Å². The Morgan fingerprint density at radius 1 is 1.17 bits per heavy atom. The zero-order chi connectivity index (χ0) is 24.9. The van der Waals surface area contributed by atoms with E-state index in [9.17, 15) is 14.8 Å². The van der Waals surface area contributed by atoms with Gasteiger partial charge in [-0.1, -0.05) is 38.5 Å². The molecule has 0 unspecified atom stereocenters. The van der Waals surface area contributed by atoms with Gasteiger partial charge >= 0.3 is 0 Å². The second kappa shape index (κ2) is 11.6. The third-order valence-electron chi connectivity index (χ3n) is 8.06. The summed E-state index contributed by atoms with van der Waals surface area (Å²) in [6, 6.07) is 0.620. The first kappa shape index (κ1) is 25.8. The molecule has 2 amide bonds. The number of anilines is 1. The number of aryl methyl sites for hydroxylation is 1. The van der Waals surface area contributed by atoms with Crippen LogP contribution in [0.3, 0.4) is 0 Å². The molecule has 0 aromatic carbocycles. The molecule has 1 saturated heterocycles. The molecule has 3 atom stereocenters. The van der Waals surface area contributed by atoms with Crippen LogP contribution in [0.25, 0.3) is 0 Å². The van der Waals surface area contributed by atoms with Crippen molar-refractivity contribution >= 4 is 18.1 Å². The van der Waals surface area contributed by atoms with Gasteiger partial charge in [-0.25, -0.2) is 19.4 Å². The van der Waals surface area contributed by atoms with Crippen molar-refractivity contribution in [1.29, 1.82) is 0 Å². The molecule has 2 heterocycles. The molecule has 0 spiro atoms. The van der Waals surface area contributed by atoms with Gasteiger partial charge in [-0.15, -0.1) is 0 Å².